The zero-order valence-electron chi connectivity index (χ0n) is 10.1. The molecule has 17 heavy (non-hydrogen) atoms. The molecule has 98 valence electrons. The van der Waals surface area contributed by atoms with Crippen LogP contribution in [0, 0.1) is 11.8 Å². The molecule has 0 radical (unpaired) electrons. The van der Waals surface area contributed by atoms with Crippen LogP contribution in [0.25, 0.3) is 0 Å². The SMILES string of the molecule is NCCCC[C@H](N)C(=O)N[C@H]1C[C@H](O)[C@@H]2C[C@@H]21. The molecule has 0 heterocycles. The van der Waals surface area contributed by atoms with Gasteiger partial charge in [0.05, 0.1) is 12.1 Å². The number of fused-ring (bicyclic) bond motifs is 1. The van der Waals surface area contributed by atoms with Crippen LogP contribution in [0.4, 0.5) is 0 Å². The van der Waals surface area contributed by atoms with Crippen molar-refractivity contribution >= 4 is 5.91 Å². The van der Waals surface area contributed by atoms with Gasteiger partial charge in [0.25, 0.3) is 0 Å². The van der Waals surface area contributed by atoms with E-state index in [0.717, 1.165) is 19.3 Å². The van der Waals surface area contributed by atoms with Crippen LogP contribution in [0.3, 0.4) is 0 Å². The number of hydrogen-bond donors (Lipinski definition) is 4. The summed E-state index contributed by atoms with van der Waals surface area (Å²) in [7, 11) is 0. The molecule has 0 aromatic rings. The van der Waals surface area contributed by atoms with Crippen LogP contribution < -0.4 is 16.8 Å². The van der Waals surface area contributed by atoms with Crippen molar-refractivity contribution in [1.29, 1.82) is 0 Å². The third kappa shape index (κ3) is 2.97. The van der Waals surface area contributed by atoms with Crippen LogP contribution in [0.5, 0.6) is 0 Å². The fraction of sp³-hybridized carbons (Fsp3) is 0.917. The molecule has 5 heteroatoms. The van der Waals surface area contributed by atoms with E-state index >= 15 is 0 Å². The van der Waals surface area contributed by atoms with Gasteiger partial charge in [0.15, 0.2) is 0 Å². The minimum atomic E-state index is -0.434. The maximum atomic E-state index is 11.8. The van der Waals surface area contributed by atoms with E-state index in [1.807, 2.05) is 0 Å². The quantitative estimate of drug-likeness (QED) is 0.463. The Balaban J connectivity index is 1.70. The molecule has 5 nitrogen and oxygen atoms in total. The molecular weight excluding hydrogens is 218 g/mol. The molecule has 2 fully saturated rings. The molecule has 0 aromatic carbocycles. The van der Waals surface area contributed by atoms with E-state index in [0.29, 0.717) is 31.2 Å². The highest BCUT2D eigenvalue weighted by atomic mass is 16.3. The average Bonchev–Trinajstić information content (AvgIpc) is 3.02. The van der Waals surface area contributed by atoms with Crippen molar-refractivity contribution in [3.8, 4) is 0 Å². The number of rotatable bonds is 6. The minimum absolute atomic E-state index is 0.0771. The van der Waals surface area contributed by atoms with E-state index in [-0.39, 0.29) is 18.1 Å². The maximum Gasteiger partial charge on any atom is 0.237 e. The first-order valence-corrected chi connectivity index (χ1v) is 6.57. The number of nitrogens with one attached hydrogen (secondary N) is 1. The normalized spacial score (nSPS) is 36.4. The Bertz CT molecular complexity index is 285. The van der Waals surface area contributed by atoms with Gasteiger partial charge in [0, 0.05) is 6.04 Å². The monoisotopic (exact) mass is 241 g/mol. The summed E-state index contributed by atoms with van der Waals surface area (Å²) in [5, 5.41) is 12.6. The summed E-state index contributed by atoms with van der Waals surface area (Å²) in [5.74, 6) is 0.839. The lowest BCUT2D eigenvalue weighted by atomic mass is 10.1. The third-order valence-corrected chi connectivity index (χ3v) is 4.03. The van der Waals surface area contributed by atoms with Crippen molar-refractivity contribution in [2.75, 3.05) is 6.54 Å². The molecule has 0 bridgehead atoms. The highest BCUT2D eigenvalue weighted by Gasteiger charge is 2.54. The Hall–Kier alpha value is -0.650. The number of carbonyl (C=O) groups is 1. The average molecular weight is 241 g/mol. The van der Waals surface area contributed by atoms with Crippen LogP contribution in [-0.2, 0) is 4.79 Å². The number of aliphatic hydroxyl groups is 1. The van der Waals surface area contributed by atoms with Crippen molar-refractivity contribution in [1.82, 2.24) is 5.32 Å². The summed E-state index contributed by atoms with van der Waals surface area (Å²) in [5.41, 5.74) is 11.2. The smallest absolute Gasteiger partial charge is 0.237 e. The molecule has 0 aliphatic heterocycles. The van der Waals surface area contributed by atoms with Gasteiger partial charge in [0.1, 0.15) is 0 Å². The molecule has 0 unspecified atom stereocenters. The van der Waals surface area contributed by atoms with Gasteiger partial charge >= 0.3 is 0 Å². The molecule has 6 N–H and O–H groups in total. The van der Waals surface area contributed by atoms with Crippen molar-refractivity contribution in [3.63, 3.8) is 0 Å². The molecule has 0 aromatic heterocycles. The Morgan fingerprint density at radius 3 is 2.65 bits per heavy atom. The molecule has 5 atom stereocenters. The molecule has 2 rings (SSSR count). The van der Waals surface area contributed by atoms with Gasteiger partial charge in [-0.05, 0) is 44.1 Å². The Kier molecular flexibility index (Phi) is 4.01. The van der Waals surface area contributed by atoms with Crippen molar-refractivity contribution in [2.24, 2.45) is 23.3 Å². The van der Waals surface area contributed by atoms with Gasteiger partial charge in [-0.25, -0.2) is 0 Å². The number of unbranched alkanes of at least 4 members (excludes halogenated alkanes) is 1. The highest BCUT2D eigenvalue weighted by Crippen LogP contribution is 2.51. The van der Waals surface area contributed by atoms with Gasteiger partial charge in [-0.2, -0.15) is 0 Å². The summed E-state index contributed by atoms with van der Waals surface area (Å²) < 4.78 is 0. The van der Waals surface area contributed by atoms with Crippen molar-refractivity contribution in [2.45, 2.75) is 50.3 Å². The van der Waals surface area contributed by atoms with E-state index in [4.69, 9.17) is 11.5 Å². The predicted octanol–water partition coefficient (Wildman–Crippen LogP) is -0.672. The summed E-state index contributed by atoms with van der Waals surface area (Å²) in [6.45, 7) is 0.646. The standard InChI is InChI=1S/C12H23N3O2/c13-4-2-1-3-9(14)12(17)15-10-6-11(16)8-5-7(8)10/h7-11,16H,1-6,13-14H2,(H,15,17)/t7-,8+,9-,10-,11-/m0/s1. The topological polar surface area (TPSA) is 101 Å². The molecule has 1 amide bonds. The van der Waals surface area contributed by atoms with E-state index < -0.39 is 6.04 Å². The molecule has 0 saturated heterocycles. The first kappa shape index (κ1) is 12.8. The van der Waals surface area contributed by atoms with Gasteiger partial charge in [-0.3, -0.25) is 4.79 Å². The zero-order chi connectivity index (χ0) is 12.4. The third-order valence-electron chi connectivity index (χ3n) is 4.03. The molecule has 0 spiro atoms. The fourth-order valence-electron chi connectivity index (χ4n) is 2.85. The highest BCUT2D eigenvalue weighted by molar-refractivity contribution is 5.81. The predicted molar refractivity (Wildman–Crippen MR) is 65.0 cm³/mol. The summed E-state index contributed by atoms with van der Waals surface area (Å²) in [4.78, 5) is 11.8. The molecular formula is C12H23N3O2. The number of carbonyl (C=O) groups excluding carboxylic acids is 1. The Labute approximate surface area is 102 Å². The Morgan fingerprint density at radius 2 is 2.12 bits per heavy atom. The number of aliphatic hydroxyl groups excluding tert-OH is 1. The molecule has 2 aliphatic rings. The van der Waals surface area contributed by atoms with Gasteiger partial charge in [-0.15, -0.1) is 0 Å². The largest absolute Gasteiger partial charge is 0.393 e. The van der Waals surface area contributed by atoms with Crippen LogP contribution in [0.15, 0.2) is 0 Å². The van der Waals surface area contributed by atoms with Gasteiger partial charge in [0.2, 0.25) is 5.91 Å². The first-order valence-electron chi connectivity index (χ1n) is 6.57. The minimum Gasteiger partial charge on any atom is -0.393 e. The van der Waals surface area contributed by atoms with E-state index in [1.54, 1.807) is 0 Å². The van der Waals surface area contributed by atoms with E-state index in [9.17, 15) is 9.90 Å². The van der Waals surface area contributed by atoms with Crippen LogP contribution >= 0.6 is 0 Å². The number of nitrogens with two attached hydrogens (primary N) is 2. The van der Waals surface area contributed by atoms with Crippen LogP contribution in [0.1, 0.15) is 32.1 Å². The number of hydrogen-bond acceptors (Lipinski definition) is 4. The summed E-state index contributed by atoms with van der Waals surface area (Å²) in [6, 6.07) is -0.292. The maximum absolute atomic E-state index is 11.8. The van der Waals surface area contributed by atoms with Crippen molar-refractivity contribution in [3.05, 3.63) is 0 Å². The van der Waals surface area contributed by atoms with Crippen molar-refractivity contribution < 1.29 is 9.90 Å². The second-order valence-corrected chi connectivity index (χ2v) is 5.37. The molecule has 2 aliphatic carbocycles. The van der Waals surface area contributed by atoms with Gasteiger partial charge in [-0.1, -0.05) is 6.42 Å². The van der Waals surface area contributed by atoms with Crippen LogP contribution in [-0.4, -0.2) is 35.7 Å². The second kappa shape index (κ2) is 5.33. The summed E-state index contributed by atoms with van der Waals surface area (Å²) >= 11 is 0. The number of amides is 1. The second-order valence-electron chi connectivity index (χ2n) is 5.37. The zero-order valence-corrected chi connectivity index (χ0v) is 10.1. The molecule has 2 saturated carbocycles. The van der Waals surface area contributed by atoms with Gasteiger partial charge < -0.3 is 21.9 Å². The first-order chi connectivity index (χ1) is 8.13. The Morgan fingerprint density at radius 1 is 1.35 bits per heavy atom. The fourth-order valence-corrected chi connectivity index (χ4v) is 2.85. The summed E-state index contributed by atoms with van der Waals surface area (Å²) in [6.07, 6.45) is 4.01. The van der Waals surface area contributed by atoms with E-state index in [2.05, 4.69) is 5.32 Å². The van der Waals surface area contributed by atoms with Crippen LogP contribution in [0.2, 0.25) is 0 Å². The van der Waals surface area contributed by atoms with E-state index in [1.165, 1.54) is 0 Å². The lowest BCUT2D eigenvalue weighted by Crippen LogP contribution is -2.45. The lowest BCUT2D eigenvalue weighted by Gasteiger charge is -2.18. The lowest BCUT2D eigenvalue weighted by molar-refractivity contribution is -0.123.